The van der Waals surface area contributed by atoms with Crippen LogP contribution in [0.3, 0.4) is 0 Å². The lowest BCUT2D eigenvalue weighted by molar-refractivity contribution is -0.140. The average molecular weight is 441 g/mol. The van der Waals surface area contributed by atoms with Crippen LogP contribution in [0.2, 0.25) is 0 Å². The number of methoxy groups -OCH3 is 3. The molecule has 2 aromatic rings. The predicted molar refractivity (Wildman–Crippen MR) is 118 cm³/mol. The van der Waals surface area contributed by atoms with Crippen LogP contribution in [-0.4, -0.2) is 62.8 Å². The molecule has 32 heavy (non-hydrogen) atoms. The Kier molecular flexibility index (Phi) is 7.37. The first kappa shape index (κ1) is 23.1. The summed E-state index contributed by atoms with van der Waals surface area (Å²) in [5.41, 5.74) is 1.01. The molecule has 1 unspecified atom stereocenters. The highest BCUT2D eigenvalue weighted by atomic mass is 16.5. The lowest BCUT2D eigenvalue weighted by Gasteiger charge is -2.25. The first-order chi connectivity index (χ1) is 15.5. The molecule has 170 valence electrons. The van der Waals surface area contributed by atoms with Crippen LogP contribution in [0, 0.1) is 0 Å². The van der Waals surface area contributed by atoms with Gasteiger partial charge in [-0.3, -0.25) is 9.59 Å². The van der Waals surface area contributed by atoms with Crippen molar-refractivity contribution >= 4 is 17.4 Å². The van der Waals surface area contributed by atoms with Gasteiger partial charge in [0.2, 0.25) is 0 Å². The van der Waals surface area contributed by atoms with Crippen molar-refractivity contribution in [1.29, 1.82) is 0 Å². The molecule has 8 nitrogen and oxygen atoms in total. The molecule has 0 saturated carbocycles. The van der Waals surface area contributed by atoms with Crippen LogP contribution in [0.1, 0.15) is 24.1 Å². The first-order valence-corrected chi connectivity index (χ1v) is 10.2. The lowest BCUT2D eigenvalue weighted by Crippen LogP contribution is -2.32. The zero-order valence-electron chi connectivity index (χ0n) is 18.6. The van der Waals surface area contributed by atoms with E-state index in [-0.39, 0.29) is 24.5 Å². The van der Waals surface area contributed by atoms with E-state index in [0.717, 1.165) is 0 Å². The SMILES string of the molecule is CCOc1ccc(C2C(=C(O)c3ccc(OC)cc3)C(=O)C(=O)N2CCOC)cc1OC. The van der Waals surface area contributed by atoms with E-state index in [1.165, 1.54) is 26.2 Å². The van der Waals surface area contributed by atoms with Gasteiger partial charge >= 0.3 is 0 Å². The minimum atomic E-state index is -0.808. The summed E-state index contributed by atoms with van der Waals surface area (Å²) < 4.78 is 21.3. The lowest BCUT2D eigenvalue weighted by atomic mass is 9.95. The normalized spacial score (nSPS) is 17.5. The zero-order chi connectivity index (χ0) is 23.3. The Morgan fingerprint density at radius 1 is 1.00 bits per heavy atom. The van der Waals surface area contributed by atoms with E-state index < -0.39 is 17.7 Å². The molecular weight excluding hydrogens is 414 g/mol. The van der Waals surface area contributed by atoms with Crippen LogP contribution < -0.4 is 14.2 Å². The third-order valence-corrected chi connectivity index (χ3v) is 5.24. The van der Waals surface area contributed by atoms with Crippen molar-refractivity contribution in [1.82, 2.24) is 4.90 Å². The summed E-state index contributed by atoms with van der Waals surface area (Å²) in [5, 5.41) is 11.1. The van der Waals surface area contributed by atoms with Gasteiger partial charge in [0.25, 0.3) is 11.7 Å². The van der Waals surface area contributed by atoms with E-state index in [0.29, 0.717) is 35.0 Å². The molecule has 2 aromatic carbocycles. The van der Waals surface area contributed by atoms with Crippen LogP contribution in [0.4, 0.5) is 0 Å². The monoisotopic (exact) mass is 441 g/mol. The van der Waals surface area contributed by atoms with Gasteiger partial charge in [-0.2, -0.15) is 0 Å². The second-order valence-corrected chi connectivity index (χ2v) is 7.06. The summed E-state index contributed by atoms with van der Waals surface area (Å²) in [6.45, 7) is 2.74. The third-order valence-electron chi connectivity index (χ3n) is 5.24. The van der Waals surface area contributed by atoms with Crippen LogP contribution in [-0.2, 0) is 14.3 Å². The van der Waals surface area contributed by atoms with Gasteiger partial charge in [0.15, 0.2) is 11.5 Å². The Morgan fingerprint density at radius 2 is 1.72 bits per heavy atom. The minimum absolute atomic E-state index is 0.00230. The number of likely N-dealkylation sites (tertiary alicyclic amines) is 1. The van der Waals surface area contributed by atoms with Crippen molar-refractivity contribution in [3.8, 4) is 17.2 Å². The Balaban J connectivity index is 2.15. The van der Waals surface area contributed by atoms with Crippen molar-refractivity contribution in [2.75, 3.05) is 41.1 Å². The second-order valence-electron chi connectivity index (χ2n) is 7.06. The smallest absolute Gasteiger partial charge is 0.295 e. The quantitative estimate of drug-likeness (QED) is 0.363. The molecule has 1 N–H and O–H groups in total. The van der Waals surface area contributed by atoms with Crippen LogP contribution in [0.25, 0.3) is 5.76 Å². The van der Waals surface area contributed by atoms with Crippen LogP contribution >= 0.6 is 0 Å². The number of carbonyl (C=O) groups is 2. The third kappa shape index (κ3) is 4.40. The number of Topliss-reactive ketones (excluding diaryl/α,β-unsaturated/α-hetero) is 1. The summed E-state index contributed by atoms with van der Waals surface area (Å²) in [5.74, 6) is -0.102. The molecule has 1 fully saturated rings. The van der Waals surface area contributed by atoms with Crippen molar-refractivity contribution in [2.24, 2.45) is 0 Å². The van der Waals surface area contributed by atoms with E-state index in [2.05, 4.69) is 0 Å². The standard InChI is InChI=1S/C24H27NO7/c1-5-32-18-11-8-16(14-19(18)31-4)21-20(23(27)24(28)25(21)12-13-29-2)22(26)15-6-9-17(30-3)10-7-15/h6-11,14,21,26H,5,12-13H2,1-4H3. The second kappa shape index (κ2) is 10.2. The molecular formula is C24H27NO7. The van der Waals surface area contributed by atoms with Gasteiger partial charge < -0.3 is 29.0 Å². The van der Waals surface area contributed by atoms with Gasteiger partial charge in [-0.05, 0) is 48.9 Å². The number of benzene rings is 2. The zero-order valence-corrected chi connectivity index (χ0v) is 18.6. The highest BCUT2D eigenvalue weighted by Gasteiger charge is 2.46. The Bertz CT molecular complexity index is 1010. The maximum Gasteiger partial charge on any atom is 0.295 e. The fraction of sp³-hybridized carbons (Fsp3) is 0.333. The molecule has 0 aliphatic carbocycles. The maximum absolute atomic E-state index is 13.0. The number of aliphatic hydroxyl groups is 1. The molecule has 1 amide bonds. The topological polar surface area (TPSA) is 94.5 Å². The molecule has 1 atom stereocenters. The van der Waals surface area contributed by atoms with Crippen LogP contribution in [0.5, 0.6) is 17.2 Å². The Labute approximate surface area is 187 Å². The molecule has 0 bridgehead atoms. The molecule has 0 radical (unpaired) electrons. The van der Waals surface area contributed by atoms with Gasteiger partial charge in [0, 0.05) is 19.2 Å². The van der Waals surface area contributed by atoms with Crippen molar-refractivity contribution in [3.05, 3.63) is 59.2 Å². The fourth-order valence-electron chi connectivity index (χ4n) is 3.68. The minimum Gasteiger partial charge on any atom is -0.507 e. The summed E-state index contributed by atoms with van der Waals surface area (Å²) in [6.07, 6.45) is 0. The number of nitrogens with zero attached hydrogens (tertiary/aromatic N) is 1. The Hall–Kier alpha value is -3.52. The highest BCUT2D eigenvalue weighted by molar-refractivity contribution is 6.46. The molecule has 1 saturated heterocycles. The van der Waals surface area contributed by atoms with Crippen LogP contribution in [0.15, 0.2) is 48.0 Å². The summed E-state index contributed by atoms with van der Waals surface area (Å²) >= 11 is 0. The number of carbonyl (C=O) groups excluding carboxylic acids is 2. The fourth-order valence-corrected chi connectivity index (χ4v) is 3.68. The molecule has 0 aromatic heterocycles. The molecule has 1 heterocycles. The number of amides is 1. The van der Waals surface area contributed by atoms with E-state index in [4.69, 9.17) is 18.9 Å². The number of rotatable bonds is 9. The molecule has 0 spiro atoms. The number of ether oxygens (including phenoxy) is 4. The maximum atomic E-state index is 13.0. The van der Waals surface area contributed by atoms with E-state index in [9.17, 15) is 14.7 Å². The summed E-state index contributed by atoms with van der Waals surface area (Å²) in [6, 6.07) is 11.0. The molecule has 3 rings (SSSR count). The first-order valence-electron chi connectivity index (χ1n) is 10.2. The number of aliphatic hydroxyl groups excluding tert-OH is 1. The summed E-state index contributed by atoms with van der Waals surface area (Å²) in [7, 11) is 4.57. The number of ketones is 1. The predicted octanol–water partition coefficient (Wildman–Crippen LogP) is 3.17. The molecule has 1 aliphatic rings. The van der Waals surface area contributed by atoms with E-state index in [1.807, 2.05) is 6.92 Å². The highest BCUT2D eigenvalue weighted by Crippen LogP contribution is 2.42. The Morgan fingerprint density at radius 3 is 2.31 bits per heavy atom. The van der Waals surface area contributed by atoms with Crippen molar-refractivity contribution < 1.29 is 33.6 Å². The largest absolute Gasteiger partial charge is 0.507 e. The number of hydrogen-bond donors (Lipinski definition) is 1. The number of hydrogen-bond acceptors (Lipinski definition) is 7. The van der Waals surface area contributed by atoms with E-state index in [1.54, 1.807) is 42.5 Å². The molecule has 8 heteroatoms. The van der Waals surface area contributed by atoms with Gasteiger partial charge in [0.1, 0.15) is 11.5 Å². The van der Waals surface area contributed by atoms with Crippen molar-refractivity contribution in [3.63, 3.8) is 0 Å². The molecule has 1 aliphatic heterocycles. The summed E-state index contributed by atoms with van der Waals surface area (Å²) in [4.78, 5) is 27.3. The van der Waals surface area contributed by atoms with Gasteiger partial charge in [-0.25, -0.2) is 0 Å². The van der Waals surface area contributed by atoms with Crippen molar-refractivity contribution in [2.45, 2.75) is 13.0 Å². The van der Waals surface area contributed by atoms with Gasteiger partial charge in [-0.1, -0.05) is 6.07 Å². The van der Waals surface area contributed by atoms with E-state index >= 15 is 0 Å². The average Bonchev–Trinajstić information content (AvgIpc) is 3.07. The van der Waals surface area contributed by atoms with Gasteiger partial charge in [0.05, 0.1) is 39.0 Å². The van der Waals surface area contributed by atoms with Gasteiger partial charge in [-0.15, -0.1) is 0 Å².